The van der Waals surface area contributed by atoms with E-state index in [-0.39, 0.29) is 0 Å². The molecule has 0 saturated carbocycles. The van der Waals surface area contributed by atoms with Crippen molar-refractivity contribution in [3.8, 4) is 0 Å². The summed E-state index contributed by atoms with van der Waals surface area (Å²) in [6.07, 6.45) is -0.540. The lowest BCUT2D eigenvalue weighted by atomic mass is 10.1. The van der Waals surface area contributed by atoms with E-state index in [1.807, 2.05) is 26.0 Å². The molecule has 0 bridgehead atoms. The second kappa shape index (κ2) is 6.69. The minimum atomic E-state index is -0.540. The van der Waals surface area contributed by atoms with E-state index in [1.54, 1.807) is 19.1 Å². The van der Waals surface area contributed by atoms with Crippen molar-refractivity contribution in [2.45, 2.75) is 20.8 Å². The van der Waals surface area contributed by atoms with Gasteiger partial charge in [0.1, 0.15) is 0 Å². The van der Waals surface area contributed by atoms with Gasteiger partial charge in [0.15, 0.2) is 11.6 Å². The molecule has 6 heteroatoms. The van der Waals surface area contributed by atoms with Gasteiger partial charge in [-0.15, -0.1) is 10.2 Å². The topological polar surface area (TPSA) is 76.1 Å². The standard InChI is InChI=1S/C15H18N4O2/c1-4-21-15(20)17-14-6-5-13(18-19-14)16-12-8-10(2)7-11(3)9-12/h5-9H,4H2,1-3H3,(H,16,18)(H,17,19,20). The predicted octanol–water partition coefficient (Wildman–Crippen LogP) is 3.41. The highest BCUT2D eigenvalue weighted by molar-refractivity contribution is 5.83. The maximum atomic E-state index is 11.2. The smallest absolute Gasteiger partial charge is 0.412 e. The van der Waals surface area contributed by atoms with Crippen LogP contribution in [0.1, 0.15) is 18.1 Å². The Kier molecular flexibility index (Phi) is 4.71. The number of anilines is 3. The fourth-order valence-corrected chi connectivity index (χ4v) is 1.93. The highest BCUT2D eigenvalue weighted by Gasteiger charge is 2.04. The van der Waals surface area contributed by atoms with E-state index < -0.39 is 6.09 Å². The minimum Gasteiger partial charge on any atom is -0.450 e. The third-order valence-electron chi connectivity index (χ3n) is 2.66. The van der Waals surface area contributed by atoms with Gasteiger partial charge in [-0.2, -0.15) is 0 Å². The Hall–Kier alpha value is -2.63. The molecule has 2 N–H and O–H groups in total. The Morgan fingerprint density at radius 2 is 1.71 bits per heavy atom. The number of amides is 1. The van der Waals surface area contributed by atoms with Gasteiger partial charge in [0.25, 0.3) is 0 Å². The van der Waals surface area contributed by atoms with Crippen LogP contribution in [0.3, 0.4) is 0 Å². The lowest BCUT2D eigenvalue weighted by molar-refractivity contribution is 0.168. The van der Waals surface area contributed by atoms with E-state index in [1.165, 1.54) is 11.1 Å². The average Bonchev–Trinajstić information content (AvgIpc) is 2.40. The molecule has 110 valence electrons. The first-order valence-electron chi connectivity index (χ1n) is 6.69. The molecule has 0 aliphatic rings. The van der Waals surface area contributed by atoms with Crippen LogP contribution in [0.4, 0.5) is 22.1 Å². The predicted molar refractivity (Wildman–Crippen MR) is 81.9 cm³/mol. The molecule has 0 spiro atoms. The summed E-state index contributed by atoms with van der Waals surface area (Å²) in [6.45, 7) is 6.13. The number of hydrogen-bond donors (Lipinski definition) is 2. The molecule has 0 fully saturated rings. The second-order valence-electron chi connectivity index (χ2n) is 4.65. The van der Waals surface area contributed by atoms with Crippen molar-refractivity contribution < 1.29 is 9.53 Å². The number of aryl methyl sites for hydroxylation is 2. The molecule has 0 unspecified atom stereocenters. The zero-order valence-electron chi connectivity index (χ0n) is 12.3. The van der Waals surface area contributed by atoms with Crippen molar-refractivity contribution in [2.75, 3.05) is 17.2 Å². The fourth-order valence-electron chi connectivity index (χ4n) is 1.93. The zero-order valence-corrected chi connectivity index (χ0v) is 12.3. The summed E-state index contributed by atoms with van der Waals surface area (Å²) in [5.41, 5.74) is 3.30. The summed E-state index contributed by atoms with van der Waals surface area (Å²) in [4.78, 5) is 11.2. The zero-order chi connectivity index (χ0) is 15.2. The van der Waals surface area contributed by atoms with Crippen molar-refractivity contribution in [1.29, 1.82) is 0 Å². The molecule has 2 rings (SSSR count). The van der Waals surface area contributed by atoms with Gasteiger partial charge >= 0.3 is 6.09 Å². The number of aromatic nitrogens is 2. The third-order valence-corrected chi connectivity index (χ3v) is 2.66. The molecule has 1 heterocycles. The van der Waals surface area contributed by atoms with Crippen LogP contribution in [-0.4, -0.2) is 22.9 Å². The van der Waals surface area contributed by atoms with Crippen LogP contribution in [0, 0.1) is 13.8 Å². The fraction of sp³-hybridized carbons (Fsp3) is 0.267. The Labute approximate surface area is 123 Å². The van der Waals surface area contributed by atoms with E-state index in [0.29, 0.717) is 18.2 Å². The van der Waals surface area contributed by atoms with Gasteiger partial charge in [-0.1, -0.05) is 6.07 Å². The van der Waals surface area contributed by atoms with Gasteiger partial charge in [-0.25, -0.2) is 4.79 Å². The van der Waals surface area contributed by atoms with Crippen LogP contribution < -0.4 is 10.6 Å². The number of hydrogen-bond acceptors (Lipinski definition) is 5. The molecular formula is C15H18N4O2. The van der Waals surface area contributed by atoms with E-state index >= 15 is 0 Å². The highest BCUT2D eigenvalue weighted by Crippen LogP contribution is 2.18. The Morgan fingerprint density at radius 1 is 1.10 bits per heavy atom. The number of carbonyl (C=O) groups excluding carboxylic acids is 1. The maximum absolute atomic E-state index is 11.2. The molecule has 0 saturated heterocycles. The normalized spacial score (nSPS) is 10.0. The van der Waals surface area contributed by atoms with Crippen LogP contribution >= 0.6 is 0 Å². The van der Waals surface area contributed by atoms with Crippen molar-refractivity contribution >= 4 is 23.4 Å². The van der Waals surface area contributed by atoms with Crippen LogP contribution in [0.25, 0.3) is 0 Å². The SMILES string of the molecule is CCOC(=O)Nc1ccc(Nc2cc(C)cc(C)c2)nn1. The van der Waals surface area contributed by atoms with E-state index in [9.17, 15) is 4.79 Å². The van der Waals surface area contributed by atoms with Gasteiger partial charge in [0.05, 0.1) is 6.61 Å². The van der Waals surface area contributed by atoms with Crippen molar-refractivity contribution in [3.63, 3.8) is 0 Å². The van der Waals surface area contributed by atoms with Crippen LogP contribution in [0.2, 0.25) is 0 Å². The third kappa shape index (κ3) is 4.45. The van der Waals surface area contributed by atoms with Crippen LogP contribution in [-0.2, 0) is 4.74 Å². The van der Waals surface area contributed by atoms with Crippen molar-refractivity contribution in [2.24, 2.45) is 0 Å². The number of nitrogens with one attached hydrogen (secondary N) is 2. The molecule has 1 aromatic heterocycles. The molecule has 1 aromatic carbocycles. The molecule has 6 nitrogen and oxygen atoms in total. The Bertz CT molecular complexity index is 606. The summed E-state index contributed by atoms with van der Waals surface area (Å²) >= 11 is 0. The van der Waals surface area contributed by atoms with E-state index in [2.05, 4.69) is 26.9 Å². The van der Waals surface area contributed by atoms with Crippen molar-refractivity contribution in [3.05, 3.63) is 41.5 Å². The number of carbonyl (C=O) groups is 1. The maximum Gasteiger partial charge on any atom is 0.412 e. The average molecular weight is 286 g/mol. The lowest BCUT2D eigenvalue weighted by Gasteiger charge is -2.08. The molecule has 1 amide bonds. The number of nitrogens with zero attached hydrogens (tertiary/aromatic N) is 2. The van der Waals surface area contributed by atoms with E-state index in [0.717, 1.165) is 5.69 Å². The Balaban J connectivity index is 2.03. The molecule has 0 atom stereocenters. The Morgan fingerprint density at radius 3 is 2.29 bits per heavy atom. The number of ether oxygens (including phenoxy) is 1. The summed E-state index contributed by atoms with van der Waals surface area (Å²) < 4.78 is 4.76. The van der Waals surface area contributed by atoms with E-state index in [4.69, 9.17) is 4.74 Å². The number of rotatable bonds is 4. The first-order valence-corrected chi connectivity index (χ1v) is 6.69. The number of benzene rings is 1. The first-order chi connectivity index (χ1) is 10.1. The van der Waals surface area contributed by atoms with Gasteiger partial charge < -0.3 is 10.1 Å². The molecular weight excluding hydrogens is 268 g/mol. The molecule has 21 heavy (non-hydrogen) atoms. The van der Waals surface area contributed by atoms with Crippen LogP contribution in [0.15, 0.2) is 30.3 Å². The quantitative estimate of drug-likeness (QED) is 0.900. The van der Waals surface area contributed by atoms with Crippen LogP contribution in [0.5, 0.6) is 0 Å². The van der Waals surface area contributed by atoms with Gasteiger partial charge in [-0.05, 0) is 56.2 Å². The summed E-state index contributed by atoms with van der Waals surface area (Å²) in [7, 11) is 0. The first kappa shape index (κ1) is 14.8. The summed E-state index contributed by atoms with van der Waals surface area (Å²) in [5, 5.41) is 13.6. The monoisotopic (exact) mass is 286 g/mol. The molecule has 0 radical (unpaired) electrons. The summed E-state index contributed by atoms with van der Waals surface area (Å²) in [5.74, 6) is 0.953. The van der Waals surface area contributed by atoms with Crippen molar-refractivity contribution in [1.82, 2.24) is 10.2 Å². The van der Waals surface area contributed by atoms with Gasteiger partial charge in [0.2, 0.25) is 0 Å². The lowest BCUT2D eigenvalue weighted by Crippen LogP contribution is -2.14. The molecule has 0 aliphatic carbocycles. The molecule has 2 aromatic rings. The highest BCUT2D eigenvalue weighted by atomic mass is 16.5. The van der Waals surface area contributed by atoms with Gasteiger partial charge in [0, 0.05) is 5.69 Å². The second-order valence-corrected chi connectivity index (χ2v) is 4.65. The summed E-state index contributed by atoms with van der Waals surface area (Å²) in [6, 6.07) is 9.56. The van der Waals surface area contributed by atoms with Gasteiger partial charge in [-0.3, -0.25) is 5.32 Å². The molecule has 0 aliphatic heterocycles. The largest absolute Gasteiger partial charge is 0.450 e. The minimum absolute atomic E-state index is 0.311.